The van der Waals surface area contributed by atoms with Crippen molar-refractivity contribution in [2.75, 3.05) is 16.8 Å². The molecule has 0 fully saturated rings. The zero-order chi connectivity index (χ0) is 18.8. The number of nitrogens with zero attached hydrogens (tertiary/aromatic N) is 2. The van der Waals surface area contributed by atoms with Crippen LogP contribution in [-0.4, -0.2) is 11.5 Å². The van der Waals surface area contributed by atoms with Crippen LogP contribution in [0.15, 0.2) is 60.9 Å². The van der Waals surface area contributed by atoms with Crippen molar-refractivity contribution in [3.63, 3.8) is 0 Å². The van der Waals surface area contributed by atoms with Crippen molar-refractivity contribution < 1.29 is 4.39 Å². The van der Waals surface area contributed by atoms with Crippen molar-refractivity contribution in [1.82, 2.24) is 4.98 Å². The van der Waals surface area contributed by atoms with Gasteiger partial charge in [-0.2, -0.15) is 0 Å². The standard InChI is InChI=1S/C22H21ClFN3/c1-15(26-21-4-2-3-20(24)11-21)18-10-22(13-25-12-18)27-8-7-16-9-19(23)6-5-17(16)14-27/h2-6,9-13,15,26H,7-8,14H2,1H3. The van der Waals surface area contributed by atoms with E-state index < -0.39 is 0 Å². The van der Waals surface area contributed by atoms with Crippen LogP contribution >= 0.6 is 11.6 Å². The Bertz CT molecular complexity index is 960. The van der Waals surface area contributed by atoms with Gasteiger partial charge in [0.25, 0.3) is 0 Å². The number of fused-ring (bicyclic) bond motifs is 1. The highest BCUT2D eigenvalue weighted by Crippen LogP contribution is 2.28. The number of rotatable bonds is 4. The minimum atomic E-state index is -0.244. The summed E-state index contributed by atoms with van der Waals surface area (Å²) in [6, 6.07) is 14.8. The van der Waals surface area contributed by atoms with Crippen LogP contribution in [0.3, 0.4) is 0 Å². The minimum Gasteiger partial charge on any atom is -0.378 e. The lowest BCUT2D eigenvalue weighted by molar-refractivity contribution is 0.628. The second-order valence-corrected chi connectivity index (χ2v) is 7.37. The van der Waals surface area contributed by atoms with Crippen molar-refractivity contribution in [2.45, 2.75) is 25.9 Å². The molecule has 1 unspecified atom stereocenters. The average molecular weight is 382 g/mol. The highest BCUT2D eigenvalue weighted by molar-refractivity contribution is 6.30. The molecular formula is C22H21ClFN3. The highest BCUT2D eigenvalue weighted by Gasteiger charge is 2.18. The first-order valence-electron chi connectivity index (χ1n) is 9.08. The molecule has 0 bridgehead atoms. The maximum absolute atomic E-state index is 13.4. The molecule has 0 spiro atoms. The van der Waals surface area contributed by atoms with Gasteiger partial charge in [-0.05, 0) is 66.4 Å². The summed E-state index contributed by atoms with van der Waals surface area (Å²) >= 11 is 6.11. The van der Waals surface area contributed by atoms with Crippen LogP contribution in [0, 0.1) is 5.82 Å². The third kappa shape index (κ3) is 4.06. The fraction of sp³-hybridized carbons (Fsp3) is 0.227. The Labute approximate surface area is 163 Å². The number of aromatic nitrogens is 1. The fourth-order valence-electron chi connectivity index (χ4n) is 3.51. The summed E-state index contributed by atoms with van der Waals surface area (Å²) in [5.74, 6) is -0.244. The van der Waals surface area contributed by atoms with E-state index in [4.69, 9.17) is 11.6 Å². The Morgan fingerprint density at radius 3 is 2.85 bits per heavy atom. The van der Waals surface area contributed by atoms with Gasteiger partial charge in [-0.3, -0.25) is 4.98 Å². The summed E-state index contributed by atoms with van der Waals surface area (Å²) in [6.07, 6.45) is 4.73. The smallest absolute Gasteiger partial charge is 0.125 e. The monoisotopic (exact) mass is 381 g/mol. The highest BCUT2D eigenvalue weighted by atomic mass is 35.5. The quantitative estimate of drug-likeness (QED) is 0.636. The number of hydrogen-bond donors (Lipinski definition) is 1. The summed E-state index contributed by atoms with van der Waals surface area (Å²) in [4.78, 5) is 6.77. The van der Waals surface area contributed by atoms with Gasteiger partial charge in [0.05, 0.1) is 17.9 Å². The molecule has 1 N–H and O–H groups in total. The van der Waals surface area contributed by atoms with E-state index in [-0.39, 0.29) is 11.9 Å². The summed E-state index contributed by atoms with van der Waals surface area (Å²) < 4.78 is 13.4. The lowest BCUT2D eigenvalue weighted by atomic mass is 9.99. The Morgan fingerprint density at radius 1 is 1.11 bits per heavy atom. The molecule has 0 amide bonds. The molecule has 4 rings (SSSR count). The van der Waals surface area contributed by atoms with E-state index >= 15 is 0 Å². The summed E-state index contributed by atoms with van der Waals surface area (Å²) in [5.41, 5.74) is 5.56. The van der Waals surface area contributed by atoms with Gasteiger partial charge in [0.15, 0.2) is 0 Å². The molecule has 138 valence electrons. The molecule has 0 radical (unpaired) electrons. The number of pyridine rings is 1. The van der Waals surface area contributed by atoms with Gasteiger partial charge >= 0.3 is 0 Å². The molecule has 2 aromatic carbocycles. The van der Waals surface area contributed by atoms with E-state index in [9.17, 15) is 4.39 Å². The van der Waals surface area contributed by atoms with Crippen molar-refractivity contribution in [3.8, 4) is 0 Å². The predicted octanol–water partition coefficient (Wildman–Crippen LogP) is 5.61. The summed E-state index contributed by atoms with van der Waals surface area (Å²) in [6.45, 7) is 3.84. The van der Waals surface area contributed by atoms with Crippen molar-refractivity contribution in [1.29, 1.82) is 0 Å². The van der Waals surface area contributed by atoms with Crippen molar-refractivity contribution in [2.24, 2.45) is 0 Å². The molecule has 1 aliphatic heterocycles. The number of anilines is 2. The number of nitrogens with one attached hydrogen (secondary N) is 1. The molecule has 0 saturated carbocycles. The molecule has 1 aromatic heterocycles. The van der Waals surface area contributed by atoms with Crippen LogP contribution in [0.25, 0.3) is 0 Å². The molecule has 1 aliphatic rings. The van der Waals surface area contributed by atoms with Crippen LogP contribution in [0.5, 0.6) is 0 Å². The van der Waals surface area contributed by atoms with Gasteiger partial charge < -0.3 is 10.2 Å². The predicted molar refractivity (Wildman–Crippen MR) is 109 cm³/mol. The molecule has 5 heteroatoms. The molecule has 27 heavy (non-hydrogen) atoms. The van der Waals surface area contributed by atoms with Crippen LogP contribution in [0.2, 0.25) is 5.02 Å². The molecule has 2 heterocycles. The van der Waals surface area contributed by atoms with Crippen LogP contribution < -0.4 is 10.2 Å². The van der Waals surface area contributed by atoms with Gasteiger partial charge in [-0.25, -0.2) is 4.39 Å². The second kappa shape index (κ2) is 7.57. The van der Waals surface area contributed by atoms with E-state index in [2.05, 4.69) is 40.3 Å². The van der Waals surface area contributed by atoms with Crippen LogP contribution in [-0.2, 0) is 13.0 Å². The normalized spacial score (nSPS) is 14.6. The van der Waals surface area contributed by atoms with Crippen LogP contribution in [0.4, 0.5) is 15.8 Å². The first kappa shape index (κ1) is 17.8. The van der Waals surface area contributed by atoms with Crippen molar-refractivity contribution >= 4 is 23.0 Å². The summed E-state index contributed by atoms with van der Waals surface area (Å²) in [5, 5.41) is 4.13. The Balaban J connectivity index is 1.51. The van der Waals surface area contributed by atoms with Crippen LogP contribution in [0.1, 0.15) is 29.7 Å². The number of halogens is 2. The molecule has 0 saturated heterocycles. The van der Waals surface area contributed by atoms with E-state index in [1.54, 1.807) is 6.07 Å². The Kier molecular flexibility index (Phi) is 4.99. The van der Waals surface area contributed by atoms with Gasteiger partial charge in [0.2, 0.25) is 0 Å². The fourth-order valence-corrected chi connectivity index (χ4v) is 3.70. The largest absolute Gasteiger partial charge is 0.378 e. The molecule has 3 nitrogen and oxygen atoms in total. The second-order valence-electron chi connectivity index (χ2n) is 6.94. The van der Waals surface area contributed by atoms with Crippen molar-refractivity contribution in [3.05, 3.63) is 88.5 Å². The maximum atomic E-state index is 13.4. The minimum absolute atomic E-state index is 0.0233. The molecule has 1 atom stereocenters. The zero-order valence-corrected chi connectivity index (χ0v) is 15.9. The first-order chi connectivity index (χ1) is 13.1. The van der Waals surface area contributed by atoms with E-state index in [1.165, 1.54) is 23.3 Å². The molecular weight excluding hydrogens is 361 g/mol. The van der Waals surface area contributed by atoms with Gasteiger partial charge in [-0.15, -0.1) is 0 Å². The maximum Gasteiger partial charge on any atom is 0.125 e. The lowest BCUT2D eigenvalue weighted by Gasteiger charge is -2.31. The Hall–Kier alpha value is -2.59. The Morgan fingerprint density at radius 2 is 2.00 bits per heavy atom. The first-order valence-corrected chi connectivity index (χ1v) is 9.45. The number of hydrogen-bond acceptors (Lipinski definition) is 3. The third-order valence-electron chi connectivity index (χ3n) is 5.00. The SMILES string of the molecule is CC(Nc1cccc(F)c1)c1cncc(N2CCc3cc(Cl)ccc3C2)c1. The average Bonchev–Trinajstić information content (AvgIpc) is 2.67. The van der Waals surface area contributed by atoms with Gasteiger partial charge in [-0.1, -0.05) is 23.7 Å². The van der Waals surface area contributed by atoms with E-state index in [0.717, 1.165) is 41.5 Å². The molecule has 0 aliphatic carbocycles. The lowest BCUT2D eigenvalue weighted by Crippen LogP contribution is -2.30. The van der Waals surface area contributed by atoms with E-state index in [0.29, 0.717) is 0 Å². The van der Waals surface area contributed by atoms with Gasteiger partial charge in [0, 0.05) is 30.0 Å². The molecule has 3 aromatic rings. The zero-order valence-electron chi connectivity index (χ0n) is 15.1. The topological polar surface area (TPSA) is 28.2 Å². The van der Waals surface area contributed by atoms with E-state index in [1.807, 2.05) is 24.5 Å². The summed E-state index contributed by atoms with van der Waals surface area (Å²) in [7, 11) is 0. The third-order valence-corrected chi connectivity index (χ3v) is 5.23. The van der Waals surface area contributed by atoms with Gasteiger partial charge in [0.1, 0.15) is 5.82 Å². The number of benzene rings is 2.